The Morgan fingerprint density at radius 2 is 2.05 bits per heavy atom. The van der Waals surface area contributed by atoms with Gasteiger partial charge in [-0.1, -0.05) is 12.1 Å². The number of rotatable bonds is 4. The highest BCUT2D eigenvalue weighted by molar-refractivity contribution is 5.79. The lowest BCUT2D eigenvalue weighted by atomic mass is 10.2. The number of amides is 1. The lowest BCUT2D eigenvalue weighted by molar-refractivity contribution is -0.120. The van der Waals surface area contributed by atoms with E-state index in [4.69, 9.17) is 5.73 Å². The van der Waals surface area contributed by atoms with Gasteiger partial charge in [0.2, 0.25) is 5.91 Å². The van der Waals surface area contributed by atoms with Gasteiger partial charge in [-0.3, -0.25) is 4.79 Å². The number of hydrogen-bond acceptors (Lipinski definition) is 3. The molecule has 0 spiro atoms. The third kappa shape index (κ3) is 2.61. The van der Waals surface area contributed by atoms with Crippen molar-refractivity contribution in [1.82, 2.24) is 14.9 Å². The summed E-state index contributed by atoms with van der Waals surface area (Å²) in [6, 6.07) is 8.10. The summed E-state index contributed by atoms with van der Waals surface area (Å²) in [6.07, 6.45) is 0. The van der Waals surface area contributed by atoms with Crippen LogP contribution < -0.4 is 11.1 Å². The molecule has 5 nitrogen and oxygen atoms in total. The molecule has 0 aliphatic heterocycles. The van der Waals surface area contributed by atoms with Crippen LogP contribution in [-0.2, 0) is 4.79 Å². The van der Waals surface area contributed by atoms with E-state index in [0.29, 0.717) is 0 Å². The Kier molecular flexibility index (Phi) is 3.85. The molecular weight excluding hydrogens is 240 g/mol. The number of carbonyl (C=O) groups is 1. The van der Waals surface area contributed by atoms with Gasteiger partial charge in [-0.05, 0) is 32.9 Å². The van der Waals surface area contributed by atoms with Gasteiger partial charge in [-0.25, -0.2) is 4.98 Å². The summed E-state index contributed by atoms with van der Waals surface area (Å²) < 4.78 is 2.15. The number of benzene rings is 1. The minimum absolute atomic E-state index is 0.00769. The van der Waals surface area contributed by atoms with Crippen molar-refractivity contribution in [2.75, 3.05) is 6.54 Å². The molecule has 0 radical (unpaired) electrons. The minimum atomic E-state index is -0.171. The molecule has 0 aliphatic carbocycles. The van der Waals surface area contributed by atoms with Gasteiger partial charge in [-0.15, -0.1) is 0 Å². The number of aromatic nitrogens is 2. The quantitative estimate of drug-likeness (QED) is 0.879. The SMILES string of the molecule is CC(NC(=O)CN)c1nc2ccccc2n1C(C)C. The maximum Gasteiger partial charge on any atom is 0.234 e. The second kappa shape index (κ2) is 5.40. The molecule has 1 aromatic heterocycles. The van der Waals surface area contributed by atoms with Crippen LogP contribution in [0.25, 0.3) is 11.0 Å². The van der Waals surface area contributed by atoms with Crippen LogP contribution in [0, 0.1) is 0 Å². The van der Waals surface area contributed by atoms with E-state index >= 15 is 0 Å². The number of nitrogens with zero attached hydrogens (tertiary/aromatic N) is 2. The first-order valence-corrected chi connectivity index (χ1v) is 6.51. The van der Waals surface area contributed by atoms with Gasteiger partial charge in [0.15, 0.2) is 0 Å². The number of carbonyl (C=O) groups excluding carboxylic acids is 1. The summed E-state index contributed by atoms with van der Waals surface area (Å²) >= 11 is 0. The molecular formula is C14H20N4O. The summed E-state index contributed by atoms with van der Waals surface area (Å²) in [7, 11) is 0. The van der Waals surface area contributed by atoms with Crippen LogP contribution in [0.15, 0.2) is 24.3 Å². The molecule has 2 rings (SSSR count). The highest BCUT2D eigenvalue weighted by Crippen LogP contribution is 2.24. The summed E-state index contributed by atoms with van der Waals surface area (Å²) in [4.78, 5) is 16.0. The normalized spacial score (nSPS) is 12.9. The van der Waals surface area contributed by atoms with Gasteiger partial charge in [0.05, 0.1) is 23.6 Å². The van der Waals surface area contributed by atoms with Crippen molar-refractivity contribution in [2.24, 2.45) is 5.73 Å². The summed E-state index contributed by atoms with van der Waals surface area (Å²) in [6.45, 7) is 6.13. The third-order valence-corrected chi connectivity index (χ3v) is 3.09. The molecule has 1 aromatic carbocycles. The number of hydrogen-bond donors (Lipinski definition) is 2. The van der Waals surface area contributed by atoms with Crippen molar-refractivity contribution in [3.05, 3.63) is 30.1 Å². The van der Waals surface area contributed by atoms with Crippen LogP contribution in [0.2, 0.25) is 0 Å². The Morgan fingerprint density at radius 1 is 1.37 bits per heavy atom. The summed E-state index contributed by atoms with van der Waals surface area (Å²) in [5.74, 6) is 0.688. The first-order valence-electron chi connectivity index (χ1n) is 6.51. The lowest BCUT2D eigenvalue weighted by Crippen LogP contribution is -2.33. The Hall–Kier alpha value is -1.88. The molecule has 2 aromatic rings. The number of para-hydroxylation sites is 2. The fraction of sp³-hybridized carbons (Fsp3) is 0.429. The van der Waals surface area contributed by atoms with E-state index in [1.165, 1.54) is 0 Å². The zero-order valence-corrected chi connectivity index (χ0v) is 11.6. The van der Waals surface area contributed by atoms with E-state index in [0.717, 1.165) is 16.9 Å². The number of nitrogens with one attached hydrogen (secondary N) is 1. The molecule has 19 heavy (non-hydrogen) atoms. The number of imidazole rings is 1. The zero-order chi connectivity index (χ0) is 14.0. The topological polar surface area (TPSA) is 72.9 Å². The van der Waals surface area contributed by atoms with Crippen molar-refractivity contribution >= 4 is 16.9 Å². The maximum absolute atomic E-state index is 11.4. The van der Waals surface area contributed by atoms with Crippen LogP contribution >= 0.6 is 0 Å². The fourth-order valence-corrected chi connectivity index (χ4v) is 2.28. The number of nitrogens with two attached hydrogens (primary N) is 1. The molecule has 1 heterocycles. The van der Waals surface area contributed by atoms with E-state index in [1.807, 2.05) is 31.2 Å². The molecule has 1 unspecified atom stereocenters. The Morgan fingerprint density at radius 3 is 2.68 bits per heavy atom. The second-order valence-electron chi connectivity index (χ2n) is 4.92. The third-order valence-electron chi connectivity index (χ3n) is 3.09. The average molecular weight is 260 g/mol. The zero-order valence-electron chi connectivity index (χ0n) is 11.6. The van der Waals surface area contributed by atoms with Gasteiger partial charge in [-0.2, -0.15) is 0 Å². The van der Waals surface area contributed by atoms with Crippen LogP contribution in [-0.4, -0.2) is 22.0 Å². The van der Waals surface area contributed by atoms with Crippen molar-refractivity contribution in [2.45, 2.75) is 32.9 Å². The molecule has 1 amide bonds. The fourth-order valence-electron chi connectivity index (χ4n) is 2.28. The Labute approximate surface area is 112 Å². The first kappa shape index (κ1) is 13.5. The van der Waals surface area contributed by atoms with E-state index in [2.05, 4.69) is 28.7 Å². The summed E-state index contributed by atoms with van der Waals surface area (Å²) in [5.41, 5.74) is 7.36. The second-order valence-corrected chi connectivity index (χ2v) is 4.92. The standard InChI is InChI=1S/C14H20N4O/c1-9(2)18-12-7-5-4-6-11(12)17-14(18)10(3)16-13(19)8-15/h4-7,9-10H,8,15H2,1-3H3,(H,16,19). The van der Waals surface area contributed by atoms with Gasteiger partial charge in [0.25, 0.3) is 0 Å². The van der Waals surface area contributed by atoms with Gasteiger partial charge < -0.3 is 15.6 Å². The first-order chi connectivity index (χ1) is 9.04. The van der Waals surface area contributed by atoms with Gasteiger partial charge in [0.1, 0.15) is 5.82 Å². The predicted molar refractivity (Wildman–Crippen MR) is 75.7 cm³/mol. The van der Waals surface area contributed by atoms with Crippen molar-refractivity contribution in [1.29, 1.82) is 0 Å². The Balaban J connectivity index is 2.47. The highest BCUT2D eigenvalue weighted by Gasteiger charge is 2.19. The monoisotopic (exact) mass is 260 g/mol. The molecule has 102 valence electrons. The number of fused-ring (bicyclic) bond motifs is 1. The molecule has 0 fully saturated rings. The predicted octanol–water partition coefficient (Wildman–Crippen LogP) is 1.75. The largest absolute Gasteiger partial charge is 0.345 e. The van der Waals surface area contributed by atoms with Gasteiger partial charge in [0, 0.05) is 6.04 Å². The van der Waals surface area contributed by atoms with E-state index in [9.17, 15) is 4.79 Å². The van der Waals surface area contributed by atoms with Crippen LogP contribution in [0.4, 0.5) is 0 Å². The lowest BCUT2D eigenvalue weighted by Gasteiger charge is -2.18. The van der Waals surface area contributed by atoms with E-state index in [1.54, 1.807) is 0 Å². The van der Waals surface area contributed by atoms with Gasteiger partial charge >= 0.3 is 0 Å². The molecule has 3 N–H and O–H groups in total. The van der Waals surface area contributed by atoms with Crippen molar-refractivity contribution in [3.8, 4) is 0 Å². The molecule has 0 bridgehead atoms. The summed E-state index contributed by atoms with van der Waals surface area (Å²) in [5, 5.41) is 2.85. The van der Waals surface area contributed by atoms with E-state index in [-0.39, 0.29) is 24.5 Å². The molecule has 0 saturated carbocycles. The van der Waals surface area contributed by atoms with Crippen molar-refractivity contribution in [3.63, 3.8) is 0 Å². The molecule has 5 heteroatoms. The van der Waals surface area contributed by atoms with E-state index < -0.39 is 0 Å². The smallest absolute Gasteiger partial charge is 0.234 e. The van der Waals surface area contributed by atoms with Crippen LogP contribution in [0.1, 0.15) is 38.7 Å². The molecule has 0 aliphatic rings. The average Bonchev–Trinajstić information content (AvgIpc) is 2.77. The molecule has 0 saturated heterocycles. The maximum atomic E-state index is 11.4. The van der Waals surface area contributed by atoms with Crippen LogP contribution in [0.5, 0.6) is 0 Å². The Bertz CT molecular complexity index is 588. The minimum Gasteiger partial charge on any atom is -0.345 e. The highest BCUT2D eigenvalue weighted by atomic mass is 16.1. The molecule has 1 atom stereocenters. The van der Waals surface area contributed by atoms with Crippen molar-refractivity contribution < 1.29 is 4.79 Å². The van der Waals surface area contributed by atoms with Crippen LogP contribution in [0.3, 0.4) is 0 Å².